The molecular weight excluding hydrogens is 388 g/mol. The van der Waals surface area contributed by atoms with Crippen molar-refractivity contribution < 1.29 is 0 Å². The van der Waals surface area contributed by atoms with Crippen molar-refractivity contribution in [1.29, 1.82) is 0 Å². The largest absolute Gasteiger partial charge is 0.115 e. The molecule has 1 heteroatoms. The highest BCUT2D eigenvalue weighted by atomic mass is 28.3. The van der Waals surface area contributed by atoms with E-state index in [1.54, 1.807) is 0 Å². The van der Waals surface area contributed by atoms with E-state index in [-0.39, 0.29) is 0 Å². The van der Waals surface area contributed by atoms with Crippen LogP contribution in [0.1, 0.15) is 33.3 Å². The third-order valence-electron chi connectivity index (χ3n) is 6.48. The maximum atomic E-state index is 5.99. The molecule has 5 rings (SSSR count). The van der Waals surface area contributed by atoms with Crippen molar-refractivity contribution in [3.63, 3.8) is 0 Å². The molecule has 0 nitrogen and oxygen atoms in total. The highest BCUT2D eigenvalue weighted by Crippen LogP contribution is 2.32. The van der Waals surface area contributed by atoms with E-state index in [2.05, 4.69) is 106 Å². The Bertz CT molecular complexity index is 1490. The number of hydrogen-bond donors (Lipinski definition) is 0. The van der Waals surface area contributed by atoms with Gasteiger partial charge in [0.05, 0.1) is 8.80 Å². The zero-order valence-corrected chi connectivity index (χ0v) is 19.7. The number of benzene rings is 5. The molecule has 0 atom stereocenters. The van der Waals surface area contributed by atoms with Crippen molar-refractivity contribution in [1.82, 2.24) is 0 Å². The summed E-state index contributed by atoms with van der Waals surface area (Å²) in [4.78, 5) is 0. The van der Waals surface area contributed by atoms with Crippen molar-refractivity contribution in [2.45, 2.75) is 38.8 Å². The summed E-state index contributed by atoms with van der Waals surface area (Å²) in [6.07, 6.45) is 5.99. The molecule has 0 aliphatic rings. The summed E-state index contributed by atoms with van der Waals surface area (Å²) in [5.41, 5.74) is 2.33. The number of terminal acetylenes is 1. The average Bonchev–Trinajstić information content (AvgIpc) is 2.74. The second-order valence-corrected chi connectivity index (χ2v) is 12.9. The first-order valence-corrected chi connectivity index (χ1v) is 12.8. The van der Waals surface area contributed by atoms with Crippen molar-refractivity contribution in [3.8, 4) is 12.3 Å². The molecule has 0 spiro atoms. The molecule has 0 saturated heterocycles. The van der Waals surface area contributed by atoms with Gasteiger partial charge in [-0.2, -0.15) is 0 Å². The normalized spacial score (nSPS) is 12.1. The monoisotopic (exact) mass is 415 g/mol. The fraction of sp³-hybridized carbons (Fsp3) is 0.200. The Morgan fingerprint density at radius 2 is 1.10 bits per heavy atom. The SMILES string of the molecule is C#Cc1ccc2cc3cc4cc5ccccc5cc4cc3cc2c1[Si](C(C)C)C(C)C. The third-order valence-corrected chi connectivity index (χ3v) is 10.1. The van der Waals surface area contributed by atoms with Crippen molar-refractivity contribution >= 4 is 57.1 Å². The van der Waals surface area contributed by atoms with Crippen LogP contribution in [0.4, 0.5) is 0 Å². The van der Waals surface area contributed by atoms with Crippen LogP contribution >= 0.6 is 0 Å². The Labute approximate surface area is 186 Å². The van der Waals surface area contributed by atoms with Gasteiger partial charge in [0.1, 0.15) is 0 Å². The van der Waals surface area contributed by atoms with Crippen LogP contribution in [0.2, 0.25) is 11.1 Å². The summed E-state index contributed by atoms with van der Waals surface area (Å²) in [5.74, 6) is 3.00. The molecule has 0 saturated carbocycles. The predicted molar refractivity (Wildman–Crippen MR) is 140 cm³/mol. The van der Waals surface area contributed by atoms with Crippen molar-refractivity contribution in [2.75, 3.05) is 0 Å². The molecule has 0 unspecified atom stereocenters. The van der Waals surface area contributed by atoms with Gasteiger partial charge in [-0.25, -0.2) is 0 Å². The molecule has 0 aromatic heterocycles. The Kier molecular flexibility index (Phi) is 4.84. The second-order valence-electron chi connectivity index (χ2n) is 9.22. The third kappa shape index (κ3) is 3.32. The summed E-state index contributed by atoms with van der Waals surface area (Å²) >= 11 is 0. The zero-order valence-electron chi connectivity index (χ0n) is 18.7. The molecule has 0 aliphatic carbocycles. The smallest absolute Gasteiger partial charge is 0.0935 e. The van der Waals surface area contributed by atoms with Crippen LogP contribution in [0.25, 0.3) is 43.1 Å². The lowest BCUT2D eigenvalue weighted by molar-refractivity contribution is 0.952. The molecule has 5 aromatic carbocycles. The molecule has 5 aromatic rings. The van der Waals surface area contributed by atoms with Crippen LogP contribution in [0.15, 0.2) is 72.8 Å². The Balaban J connectivity index is 1.85. The van der Waals surface area contributed by atoms with Crippen LogP contribution in [0.5, 0.6) is 0 Å². The molecule has 0 bridgehead atoms. The first kappa shape index (κ1) is 19.9. The van der Waals surface area contributed by atoms with Crippen LogP contribution in [0, 0.1) is 12.3 Å². The lowest BCUT2D eigenvalue weighted by Crippen LogP contribution is -2.38. The lowest BCUT2D eigenvalue weighted by Gasteiger charge is -2.26. The van der Waals surface area contributed by atoms with Crippen LogP contribution in [-0.4, -0.2) is 8.80 Å². The van der Waals surface area contributed by atoms with Crippen molar-refractivity contribution in [2.24, 2.45) is 0 Å². The van der Waals surface area contributed by atoms with Gasteiger partial charge in [0, 0.05) is 5.56 Å². The van der Waals surface area contributed by atoms with Gasteiger partial charge in [-0.05, 0) is 102 Å². The van der Waals surface area contributed by atoms with Gasteiger partial charge in [-0.3, -0.25) is 0 Å². The van der Waals surface area contributed by atoms with E-state index >= 15 is 0 Å². The van der Waals surface area contributed by atoms with Crippen LogP contribution in [-0.2, 0) is 0 Å². The van der Waals surface area contributed by atoms with Crippen molar-refractivity contribution in [3.05, 3.63) is 78.4 Å². The fourth-order valence-corrected chi connectivity index (χ4v) is 8.67. The Hall–Kier alpha value is -3.08. The summed E-state index contributed by atoms with van der Waals surface area (Å²) in [7, 11) is -0.804. The van der Waals surface area contributed by atoms with E-state index in [0.717, 1.165) is 5.56 Å². The van der Waals surface area contributed by atoms with E-state index in [0.29, 0.717) is 11.1 Å². The van der Waals surface area contributed by atoms with Crippen LogP contribution in [0.3, 0.4) is 0 Å². The molecule has 31 heavy (non-hydrogen) atoms. The van der Waals surface area contributed by atoms with E-state index in [1.165, 1.54) is 48.3 Å². The van der Waals surface area contributed by atoms with E-state index in [4.69, 9.17) is 6.42 Å². The maximum Gasteiger partial charge on any atom is 0.0935 e. The van der Waals surface area contributed by atoms with Gasteiger partial charge in [0.25, 0.3) is 0 Å². The van der Waals surface area contributed by atoms with Gasteiger partial charge in [0.2, 0.25) is 0 Å². The summed E-state index contributed by atoms with van der Waals surface area (Å²) in [6.45, 7) is 9.42. The minimum atomic E-state index is -0.804. The highest BCUT2D eigenvalue weighted by Gasteiger charge is 2.26. The standard InChI is InChI=1S/C30H27Si/c1-6-21-11-12-24-15-27-16-25-13-22-9-7-8-10-23(22)14-26(25)17-28(27)18-29(24)30(21)31(19(2)3)20(4)5/h1,7-20H,2-5H3. The molecule has 0 N–H and O–H groups in total. The minimum Gasteiger partial charge on any atom is -0.115 e. The maximum absolute atomic E-state index is 5.99. The summed E-state index contributed by atoms with van der Waals surface area (Å²) < 4.78 is 0. The van der Waals surface area contributed by atoms with E-state index in [9.17, 15) is 0 Å². The number of hydrogen-bond acceptors (Lipinski definition) is 0. The summed E-state index contributed by atoms with van der Waals surface area (Å²) in [6, 6.07) is 27.0. The number of rotatable bonds is 3. The van der Waals surface area contributed by atoms with Gasteiger partial charge in [-0.1, -0.05) is 63.9 Å². The first-order chi connectivity index (χ1) is 15.0. The van der Waals surface area contributed by atoms with Gasteiger partial charge in [0.15, 0.2) is 0 Å². The molecule has 0 heterocycles. The highest BCUT2D eigenvalue weighted by molar-refractivity contribution is 6.78. The molecule has 0 fully saturated rings. The summed E-state index contributed by atoms with van der Waals surface area (Å²) in [5, 5.41) is 11.8. The Morgan fingerprint density at radius 1 is 0.613 bits per heavy atom. The predicted octanol–water partition coefficient (Wildman–Crippen LogP) is 7.80. The fourth-order valence-electron chi connectivity index (χ4n) is 5.19. The topological polar surface area (TPSA) is 0 Å². The van der Waals surface area contributed by atoms with Gasteiger partial charge in [-0.15, -0.1) is 6.42 Å². The minimum absolute atomic E-state index is 0.626. The first-order valence-electron chi connectivity index (χ1n) is 11.1. The molecule has 0 aliphatic heterocycles. The lowest BCUT2D eigenvalue weighted by atomic mass is 9.97. The van der Waals surface area contributed by atoms with E-state index in [1.807, 2.05) is 0 Å². The molecule has 1 radical (unpaired) electrons. The quantitative estimate of drug-likeness (QED) is 0.160. The number of fused-ring (bicyclic) bond motifs is 4. The van der Waals surface area contributed by atoms with Crippen LogP contribution < -0.4 is 5.19 Å². The van der Waals surface area contributed by atoms with E-state index < -0.39 is 8.80 Å². The average molecular weight is 416 g/mol. The Morgan fingerprint density at radius 3 is 1.61 bits per heavy atom. The molecule has 0 amide bonds. The van der Waals surface area contributed by atoms with Gasteiger partial charge < -0.3 is 0 Å². The second kappa shape index (κ2) is 7.56. The molecule has 151 valence electrons. The molecular formula is C30H27Si. The van der Waals surface area contributed by atoms with Gasteiger partial charge >= 0.3 is 0 Å². The zero-order chi connectivity index (χ0) is 21.7.